The molecule has 0 saturated carbocycles. The van der Waals surface area contributed by atoms with Crippen LogP contribution in [0.4, 0.5) is 17.1 Å². The highest BCUT2D eigenvalue weighted by Gasteiger charge is 2.52. The molecule has 0 radical (unpaired) electrons. The Balaban J connectivity index is 1.08. The van der Waals surface area contributed by atoms with Crippen LogP contribution in [0.15, 0.2) is 229 Å². The van der Waals surface area contributed by atoms with Crippen LogP contribution in [0.2, 0.25) is 0 Å². The predicted molar refractivity (Wildman–Crippen MR) is 253 cm³/mol. The van der Waals surface area contributed by atoms with Gasteiger partial charge in [0.1, 0.15) is 11.2 Å². The minimum Gasteiger partial charge on any atom is -0.455 e. The van der Waals surface area contributed by atoms with Crippen molar-refractivity contribution in [3.05, 3.63) is 247 Å². The molecule has 1 aromatic heterocycles. The molecule has 0 aliphatic heterocycles. The molecule has 0 saturated heterocycles. The van der Waals surface area contributed by atoms with Crippen molar-refractivity contribution < 1.29 is 4.42 Å². The van der Waals surface area contributed by atoms with Gasteiger partial charge in [0.25, 0.3) is 0 Å². The second kappa shape index (κ2) is 13.0. The van der Waals surface area contributed by atoms with Gasteiger partial charge in [-0.1, -0.05) is 182 Å². The van der Waals surface area contributed by atoms with Crippen molar-refractivity contribution in [3.8, 4) is 44.5 Å². The average Bonchev–Trinajstić information content (AvgIpc) is 3.97. The first kappa shape index (κ1) is 34.0. The maximum atomic E-state index is 6.59. The Bertz CT molecular complexity index is 3490. The summed E-state index contributed by atoms with van der Waals surface area (Å²) in [5, 5.41) is 4.53. The zero-order valence-corrected chi connectivity index (χ0v) is 33.2. The van der Waals surface area contributed by atoms with Crippen LogP contribution in [-0.2, 0) is 5.41 Å². The number of fused-ring (bicyclic) bond motifs is 15. The monoisotopic (exact) mass is 775 g/mol. The maximum absolute atomic E-state index is 6.59. The van der Waals surface area contributed by atoms with E-state index in [-0.39, 0.29) is 0 Å². The number of hydrogen-bond donors (Lipinski definition) is 0. The number of hydrogen-bond acceptors (Lipinski definition) is 2. The molecule has 61 heavy (non-hydrogen) atoms. The van der Waals surface area contributed by atoms with Crippen molar-refractivity contribution in [2.45, 2.75) is 5.41 Å². The normalized spacial score (nSPS) is 13.0. The Morgan fingerprint density at radius 2 is 0.902 bits per heavy atom. The Morgan fingerprint density at radius 1 is 0.344 bits per heavy atom. The second-order valence-electron chi connectivity index (χ2n) is 16.3. The summed E-state index contributed by atoms with van der Waals surface area (Å²) in [7, 11) is 0. The quantitative estimate of drug-likeness (QED) is 0.173. The summed E-state index contributed by atoms with van der Waals surface area (Å²) in [6.45, 7) is 0. The highest BCUT2D eigenvalue weighted by atomic mass is 16.3. The number of anilines is 3. The van der Waals surface area contributed by atoms with Gasteiger partial charge in [0.15, 0.2) is 0 Å². The third-order valence-electron chi connectivity index (χ3n) is 13.3. The van der Waals surface area contributed by atoms with Crippen LogP contribution in [0.25, 0.3) is 77.2 Å². The van der Waals surface area contributed by atoms with Crippen LogP contribution >= 0.6 is 0 Å². The Hall–Kier alpha value is -7.94. The van der Waals surface area contributed by atoms with Gasteiger partial charge in [-0.05, 0) is 103 Å². The lowest BCUT2D eigenvalue weighted by Gasteiger charge is -2.32. The van der Waals surface area contributed by atoms with E-state index in [1.807, 2.05) is 6.07 Å². The summed E-state index contributed by atoms with van der Waals surface area (Å²) in [6.07, 6.45) is 0. The second-order valence-corrected chi connectivity index (χ2v) is 16.3. The molecule has 0 atom stereocenters. The van der Waals surface area contributed by atoms with Crippen LogP contribution in [0.1, 0.15) is 22.3 Å². The van der Waals surface area contributed by atoms with E-state index in [9.17, 15) is 0 Å². The van der Waals surface area contributed by atoms with Crippen LogP contribution < -0.4 is 4.90 Å². The Labute approximate surface area is 354 Å². The van der Waals surface area contributed by atoms with Gasteiger partial charge in [-0.3, -0.25) is 0 Å². The number of nitrogens with zero attached hydrogens (tertiary/aromatic N) is 1. The van der Waals surface area contributed by atoms with Crippen molar-refractivity contribution in [2.75, 3.05) is 4.90 Å². The van der Waals surface area contributed by atoms with Gasteiger partial charge < -0.3 is 9.32 Å². The van der Waals surface area contributed by atoms with E-state index in [2.05, 4.69) is 223 Å². The van der Waals surface area contributed by atoms with Crippen LogP contribution in [0.3, 0.4) is 0 Å². The van der Waals surface area contributed by atoms with E-state index < -0.39 is 5.41 Å². The predicted octanol–water partition coefficient (Wildman–Crippen LogP) is 15.9. The SMILES string of the molecule is c1ccc(-c2ccc(N(c3ccccc3-c3ccc4ccc5c6ccccc6oc5c4c3)c3cccc4c3-c3ccccc3C43c4ccccc4-c4ccccc43)cc2)cc1. The average molecular weight is 776 g/mol. The molecule has 1 heterocycles. The molecule has 0 fully saturated rings. The molecule has 284 valence electrons. The van der Waals surface area contributed by atoms with Gasteiger partial charge in [-0.25, -0.2) is 0 Å². The van der Waals surface area contributed by atoms with Crippen molar-refractivity contribution in [3.63, 3.8) is 0 Å². The molecule has 0 amide bonds. The number of furan rings is 1. The minimum atomic E-state index is -0.451. The fourth-order valence-corrected chi connectivity index (χ4v) is 10.7. The van der Waals surface area contributed by atoms with Crippen LogP contribution in [-0.4, -0.2) is 0 Å². The van der Waals surface area contributed by atoms with E-state index >= 15 is 0 Å². The molecule has 0 unspecified atom stereocenters. The third-order valence-corrected chi connectivity index (χ3v) is 13.3. The van der Waals surface area contributed by atoms with E-state index in [1.165, 1.54) is 55.6 Å². The lowest BCUT2D eigenvalue weighted by molar-refractivity contribution is 0.672. The summed E-state index contributed by atoms with van der Waals surface area (Å²) >= 11 is 0. The molecule has 0 N–H and O–H groups in total. The highest BCUT2D eigenvalue weighted by Crippen LogP contribution is 2.64. The van der Waals surface area contributed by atoms with Gasteiger partial charge in [0.05, 0.1) is 16.8 Å². The largest absolute Gasteiger partial charge is 0.455 e. The van der Waals surface area contributed by atoms with Crippen molar-refractivity contribution in [1.82, 2.24) is 0 Å². The van der Waals surface area contributed by atoms with Gasteiger partial charge in [0, 0.05) is 33.0 Å². The van der Waals surface area contributed by atoms with Crippen molar-refractivity contribution in [2.24, 2.45) is 0 Å². The number of para-hydroxylation sites is 2. The van der Waals surface area contributed by atoms with Gasteiger partial charge >= 0.3 is 0 Å². The number of benzene rings is 10. The summed E-state index contributed by atoms with van der Waals surface area (Å²) in [6, 6.07) is 82.3. The zero-order valence-electron chi connectivity index (χ0n) is 33.2. The molecule has 11 aromatic rings. The molecule has 2 nitrogen and oxygen atoms in total. The Morgan fingerprint density at radius 3 is 1.67 bits per heavy atom. The van der Waals surface area contributed by atoms with E-state index in [4.69, 9.17) is 4.42 Å². The lowest BCUT2D eigenvalue weighted by atomic mass is 9.70. The van der Waals surface area contributed by atoms with Crippen molar-refractivity contribution in [1.29, 1.82) is 0 Å². The van der Waals surface area contributed by atoms with E-state index in [0.29, 0.717) is 0 Å². The molecule has 2 aliphatic rings. The summed E-state index contributed by atoms with van der Waals surface area (Å²) in [4.78, 5) is 2.50. The van der Waals surface area contributed by atoms with Crippen LogP contribution in [0.5, 0.6) is 0 Å². The van der Waals surface area contributed by atoms with Crippen LogP contribution in [0, 0.1) is 0 Å². The molecular formula is C59H37NO. The van der Waals surface area contributed by atoms with Gasteiger partial charge in [0.2, 0.25) is 0 Å². The first-order chi connectivity index (χ1) is 30.3. The number of rotatable bonds is 5. The highest BCUT2D eigenvalue weighted by molar-refractivity contribution is 6.16. The zero-order chi connectivity index (χ0) is 40.1. The lowest BCUT2D eigenvalue weighted by Crippen LogP contribution is -2.26. The minimum absolute atomic E-state index is 0.451. The fourth-order valence-electron chi connectivity index (χ4n) is 10.7. The van der Waals surface area contributed by atoms with E-state index in [0.717, 1.165) is 60.9 Å². The molecule has 0 bridgehead atoms. The third kappa shape index (κ3) is 4.79. The first-order valence-corrected chi connectivity index (χ1v) is 21.1. The molecule has 13 rings (SSSR count). The maximum Gasteiger partial charge on any atom is 0.143 e. The molecule has 2 aliphatic carbocycles. The summed E-state index contributed by atoms with van der Waals surface area (Å²) in [5.74, 6) is 0. The smallest absolute Gasteiger partial charge is 0.143 e. The molecular weight excluding hydrogens is 739 g/mol. The molecule has 1 spiro atoms. The topological polar surface area (TPSA) is 16.4 Å². The fraction of sp³-hybridized carbons (Fsp3) is 0.0169. The van der Waals surface area contributed by atoms with Gasteiger partial charge in [-0.15, -0.1) is 0 Å². The molecule has 2 heteroatoms. The summed E-state index contributed by atoms with van der Waals surface area (Å²) in [5.41, 5.74) is 19.8. The molecule has 10 aromatic carbocycles. The Kier molecular flexibility index (Phi) is 7.26. The van der Waals surface area contributed by atoms with Gasteiger partial charge in [-0.2, -0.15) is 0 Å². The summed E-state index contributed by atoms with van der Waals surface area (Å²) < 4.78 is 6.59. The standard InChI is InChI=1S/C59H37NO/c1-2-15-38(16-3-1)39-31-34-42(35-32-39)60(54-26-12-7-17-43(54)41-30-29-40-33-36-47-46-20-8-13-28-56(46)61-58(47)49(40)37-41)55-27-14-25-53-57(55)48-21-6-11-24-52(48)59(53)50-22-9-4-18-44(50)45-19-5-10-23-51(45)59/h1-37H. The van der Waals surface area contributed by atoms with Crippen molar-refractivity contribution >= 4 is 49.8 Å². The van der Waals surface area contributed by atoms with E-state index in [1.54, 1.807) is 0 Å². The first-order valence-electron chi connectivity index (χ1n) is 21.1.